The van der Waals surface area contributed by atoms with Crippen LogP contribution in [0.4, 0.5) is 14.5 Å². The van der Waals surface area contributed by atoms with E-state index in [0.29, 0.717) is 19.2 Å². The molecule has 0 spiro atoms. The number of primary amides is 1. The second kappa shape index (κ2) is 10.2. The number of furan rings is 1. The van der Waals surface area contributed by atoms with Gasteiger partial charge in [0.2, 0.25) is 5.76 Å². The first kappa shape index (κ1) is 24.3. The number of rotatable bonds is 8. The van der Waals surface area contributed by atoms with Crippen LogP contribution in [0.3, 0.4) is 0 Å². The lowest BCUT2D eigenvalue weighted by atomic mass is 10.1. The first-order valence-corrected chi connectivity index (χ1v) is 11.0. The molecule has 1 aromatic heterocycles. The predicted molar refractivity (Wildman–Crippen MR) is 123 cm³/mol. The van der Waals surface area contributed by atoms with Gasteiger partial charge in [-0.1, -0.05) is 12.1 Å². The second-order valence-corrected chi connectivity index (χ2v) is 8.35. The van der Waals surface area contributed by atoms with E-state index in [9.17, 15) is 23.2 Å². The van der Waals surface area contributed by atoms with Gasteiger partial charge in [0.25, 0.3) is 11.8 Å². The van der Waals surface area contributed by atoms with Crippen molar-refractivity contribution in [3.05, 3.63) is 64.9 Å². The average molecular weight is 486 g/mol. The molecule has 4 rings (SSSR count). The number of aliphatic carboxylic acids is 1. The lowest BCUT2D eigenvalue weighted by Crippen LogP contribution is -2.46. The number of carbonyl (C=O) groups is 3. The van der Waals surface area contributed by atoms with E-state index in [-0.39, 0.29) is 28.6 Å². The van der Waals surface area contributed by atoms with Crippen molar-refractivity contribution < 1.29 is 32.7 Å². The standard InChI is InChI=1S/C24H24F2N4O5/c25-16-11-17-20(22(23(27)33)35-21(17)18(26)12-16)28-24(34)15-3-1-2-14(10-15)13-30-8-6-29(7-9-30)5-4-19(31)32/h1-3,10-12H,4-9,13H2,(H2,27,33)(H,28,34)(H,31,32). The molecule has 1 aliphatic rings. The zero-order valence-electron chi connectivity index (χ0n) is 18.7. The smallest absolute Gasteiger partial charge is 0.304 e. The lowest BCUT2D eigenvalue weighted by molar-refractivity contribution is -0.137. The van der Waals surface area contributed by atoms with Crippen LogP contribution in [0.2, 0.25) is 0 Å². The van der Waals surface area contributed by atoms with Gasteiger partial charge < -0.3 is 25.5 Å². The predicted octanol–water partition coefficient (Wildman–Crippen LogP) is 2.65. The molecule has 9 nitrogen and oxygen atoms in total. The Hall–Kier alpha value is -3.83. The molecule has 0 atom stereocenters. The van der Waals surface area contributed by atoms with Gasteiger partial charge in [0.1, 0.15) is 11.5 Å². The number of halogens is 2. The molecule has 0 saturated carbocycles. The summed E-state index contributed by atoms with van der Waals surface area (Å²) in [4.78, 5) is 39.8. The molecule has 35 heavy (non-hydrogen) atoms. The van der Waals surface area contributed by atoms with E-state index in [1.54, 1.807) is 18.2 Å². The Kier molecular flexibility index (Phi) is 7.08. The number of fused-ring (bicyclic) bond motifs is 1. The third kappa shape index (κ3) is 5.64. The zero-order chi connectivity index (χ0) is 25.1. The summed E-state index contributed by atoms with van der Waals surface area (Å²) in [6, 6.07) is 8.43. The summed E-state index contributed by atoms with van der Waals surface area (Å²) in [5, 5.41) is 11.2. The van der Waals surface area contributed by atoms with Crippen molar-refractivity contribution >= 4 is 34.4 Å². The molecule has 3 aromatic rings. The maximum atomic E-state index is 14.1. The monoisotopic (exact) mass is 486 g/mol. The van der Waals surface area contributed by atoms with Crippen LogP contribution < -0.4 is 11.1 Å². The molecule has 1 saturated heterocycles. The Morgan fingerprint density at radius 2 is 1.77 bits per heavy atom. The van der Waals surface area contributed by atoms with Gasteiger partial charge in [-0.25, -0.2) is 8.78 Å². The number of piperazine rings is 1. The van der Waals surface area contributed by atoms with E-state index in [2.05, 4.69) is 15.1 Å². The van der Waals surface area contributed by atoms with Gasteiger partial charge in [-0.2, -0.15) is 0 Å². The van der Waals surface area contributed by atoms with Crippen molar-refractivity contribution in [1.82, 2.24) is 9.80 Å². The topological polar surface area (TPSA) is 129 Å². The number of hydrogen-bond acceptors (Lipinski definition) is 6. The first-order chi connectivity index (χ1) is 16.7. The third-order valence-corrected chi connectivity index (χ3v) is 5.87. The molecule has 2 aromatic carbocycles. The number of anilines is 1. The van der Waals surface area contributed by atoms with E-state index in [0.717, 1.165) is 37.8 Å². The van der Waals surface area contributed by atoms with Crippen molar-refractivity contribution in [3.63, 3.8) is 0 Å². The van der Waals surface area contributed by atoms with Crippen LogP contribution in [-0.4, -0.2) is 65.4 Å². The minimum Gasteiger partial charge on any atom is -0.481 e. The van der Waals surface area contributed by atoms with Gasteiger partial charge in [-0.3, -0.25) is 19.3 Å². The van der Waals surface area contributed by atoms with Crippen molar-refractivity contribution in [1.29, 1.82) is 0 Å². The molecular formula is C24H24F2N4O5. The fourth-order valence-corrected chi connectivity index (χ4v) is 4.10. The van der Waals surface area contributed by atoms with Gasteiger partial charge >= 0.3 is 5.97 Å². The van der Waals surface area contributed by atoms with Crippen LogP contribution in [-0.2, 0) is 11.3 Å². The summed E-state index contributed by atoms with van der Waals surface area (Å²) in [6.45, 7) is 4.13. The highest BCUT2D eigenvalue weighted by atomic mass is 19.1. The van der Waals surface area contributed by atoms with Gasteiger partial charge in [0.05, 0.1) is 11.8 Å². The minimum absolute atomic E-state index is 0.110. The highest BCUT2D eigenvalue weighted by Crippen LogP contribution is 2.33. The van der Waals surface area contributed by atoms with Gasteiger partial charge in [-0.15, -0.1) is 0 Å². The minimum atomic E-state index is -1.03. The Morgan fingerprint density at radius 1 is 1.06 bits per heavy atom. The molecule has 11 heteroatoms. The summed E-state index contributed by atoms with van der Waals surface area (Å²) in [5.41, 5.74) is 5.89. The van der Waals surface area contributed by atoms with Crippen LogP contribution in [0, 0.1) is 11.6 Å². The van der Waals surface area contributed by atoms with Crippen molar-refractivity contribution in [2.75, 3.05) is 38.0 Å². The molecular weight excluding hydrogens is 462 g/mol. The van der Waals surface area contributed by atoms with E-state index >= 15 is 0 Å². The molecule has 0 radical (unpaired) electrons. The number of nitrogens with zero attached hydrogens (tertiary/aromatic N) is 2. The average Bonchev–Trinajstić information content (AvgIpc) is 3.17. The van der Waals surface area contributed by atoms with Crippen LogP contribution in [0.25, 0.3) is 11.0 Å². The fourth-order valence-electron chi connectivity index (χ4n) is 4.10. The number of nitrogens with one attached hydrogen (secondary N) is 1. The van der Waals surface area contributed by atoms with Crippen LogP contribution >= 0.6 is 0 Å². The van der Waals surface area contributed by atoms with Gasteiger partial charge in [-0.05, 0) is 23.8 Å². The molecule has 2 amide bonds. The highest BCUT2D eigenvalue weighted by molar-refractivity contribution is 6.14. The van der Waals surface area contributed by atoms with Crippen molar-refractivity contribution in [3.8, 4) is 0 Å². The highest BCUT2D eigenvalue weighted by Gasteiger charge is 2.24. The second-order valence-electron chi connectivity index (χ2n) is 8.35. The molecule has 2 heterocycles. The zero-order valence-corrected chi connectivity index (χ0v) is 18.7. The molecule has 1 fully saturated rings. The Balaban J connectivity index is 1.47. The summed E-state index contributed by atoms with van der Waals surface area (Å²) >= 11 is 0. The van der Waals surface area contributed by atoms with Crippen LogP contribution in [0.15, 0.2) is 40.8 Å². The Bertz CT molecular complexity index is 1280. The van der Waals surface area contributed by atoms with Crippen LogP contribution in [0.5, 0.6) is 0 Å². The largest absolute Gasteiger partial charge is 0.481 e. The van der Waals surface area contributed by atoms with E-state index in [1.165, 1.54) is 0 Å². The Morgan fingerprint density at radius 3 is 2.46 bits per heavy atom. The van der Waals surface area contributed by atoms with Crippen molar-refractivity contribution in [2.24, 2.45) is 5.73 Å². The molecule has 0 aliphatic carbocycles. The Labute approximate surface area is 199 Å². The number of amides is 2. The summed E-state index contributed by atoms with van der Waals surface area (Å²) in [7, 11) is 0. The molecule has 1 aliphatic heterocycles. The fraction of sp³-hybridized carbons (Fsp3) is 0.292. The molecule has 0 unspecified atom stereocenters. The summed E-state index contributed by atoms with van der Waals surface area (Å²) in [5.74, 6) is -4.84. The molecule has 4 N–H and O–H groups in total. The maximum absolute atomic E-state index is 14.1. The number of benzene rings is 2. The SMILES string of the molecule is NC(=O)c1oc2c(F)cc(F)cc2c1NC(=O)c1cccc(CN2CCN(CCC(=O)O)CC2)c1. The van der Waals surface area contributed by atoms with E-state index in [4.69, 9.17) is 15.3 Å². The number of carboxylic acids is 1. The first-order valence-electron chi connectivity index (χ1n) is 11.0. The summed E-state index contributed by atoms with van der Waals surface area (Å²) in [6.07, 6.45) is 0.111. The number of hydrogen-bond donors (Lipinski definition) is 3. The van der Waals surface area contributed by atoms with Crippen molar-refractivity contribution in [2.45, 2.75) is 13.0 Å². The number of nitrogens with two attached hydrogens (primary N) is 1. The normalized spacial score (nSPS) is 14.8. The molecule has 0 bridgehead atoms. The molecule has 184 valence electrons. The quantitative estimate of drug-likeness (QED) is 0.446. The summed E-state index contributed by atoms with van der Waals surface area (Å²) < 4.78 is 33.1. The van der Waals surface area contributed by atoms with E-state index in [1.807, 2.05) is 6.07 Å². The number of carboxylic acid groups (broad SMARTS) is 1. The lowest BCUT2D eigenvalue weighted by Gasteiger charge is -2.34. The van der Waals surface area contributed by atoms with Gasteiger partial charge in [0, 0.05) is 50.9 Å². The van der Waals surface area contributed by atoms with Gasteiger partial charge in [0.15, 0.2) is 11.4 Å². The number of carbonyl (C=O) groups excluding carboxylic acids is 2. The maximum Gasteiger partial charge on any atom is 0.304 e. The van der Waals surface area contributed by atoms with Crippen LogP contribution in [0.1, 0.15) is 32.9 Å². The van der Waals surface area contributed by atoms with E-state index < -0.39 is 35.2 Å². The third-order valence-electron chi connectivity index (χ3n) is 5.87.